The number of benzene rings is 1. The normalized spacial score (nSPS) is 14.6. The van der Waals surface area contributed by atoms with E-state index in [-0.39, 0.29) is 12.1 Å². The third-order valence-electron chi connectivity index (χ3n) is 3.55. The van der Waals surface area contributed by atoms with Crippen LogP contribution in [0, 0.1) is 0 Å². The number of hydrogen-bond donors (Lipinski definition) is 1. The summed E-state index contributed by atoms with van der Waals surface area (Å²) in [6.07, 6.45) is 1.13. The first-order valence-electron chi connectivity index (χ1n) is 7.20. The van der Waals surface area contributed by atoms with Gasteiger partial charge in [0.25, 0.3) is 0 Å². The van der Waals surface area contributed by atoms with E-state index in [0.29, 0.717) is 0 Å². The Bertz CT molecular complexity index is 393. The largest absolute Gasteiger partial charge is 0.496 e. The molecule has 4 nitrogen and oxygen atoms in total. The summed E-state index contributed by atoms with van der Waals surface area (Å²) in [6.45, 7) is 4.16. The summed E-state index contributed by atoms with van der Waals surface area (Å²) in [7, 11) is 8.05. The number of para-hydroxylation sites is 1. The van der Waals surface area contributed by atoms with E-state index < -0.39 is 0 Å². The Morgan fingerprint density at radius 2 is 1.80 bits per heavy atom. The van der Waals surface area contributed by atoms with Crippen LogP contribution in [0.5, 0.6) is 5.75 Å². The third-order valence-corrected chi connectivity index (χ3v) is 3.55. The van der Waals surface area contributed by atoms with E-state index in [2.05, 4.69) is 43.9 Å². The van der Waals surface area contributed by atoms with Gasteiger partial charge in [-0.1, -0.05) is 18.2 Å². The molecule has 2 atom stereocenters. The zero-order chi connectivity index (χ0) is 15.1. The molecule has 0 radical (unpaired) electrons. The highest BCUT2D eigenvalue weighted by molar-refractivity contribution is 5.36. The van der Waals surface area contributed by atoms with Crippen LogP contribution in [0.25, 0.3) is 0 Å². The van der Waals surface area contributed by atoms with E-state index in [0.717, 1.165) is 30.8 Å². The van der Waals surface area contributed by atoms with Crippen molar-refractivity contribution in [2.45, 2.75) is 25.4 Å². The second kappa shape index (κ2) is 8.25. The average molecular weight is 279 g/mol. The third kappa shape index (κ3) is 4.78. The van der Waals surface area contributed by atoms with Crippen LogP contribution in [-0.4, -0.2) is 57.2 Å². The summed E-state index contributed by atoms with van der Waals surface area (Å²) in [5.41, 5.74) is 7.38. The highest BCUT2D eigenvalue weighted by atomic mass is 16.5. The van der Waals surface area contributed by atoms with Gasteiger partial charge in [0.2, 0.25) is 0 Å². The fourth-order valence-corrected chi connectivity index (χ4v) is 2.61. The van der Waals surface area contributed by atoms with E-state index in [1.807, 2.05) is 18.2 Å². The number of rotatable bonds is 8. The summed E-state index contributed by atoms with van der Waals surface area (Å²) < 4.78 is 5.48. The summed E-state index contributed by atoms with van der Waals surface area (Å²) in [5, 5.41) is 0. The Kier molecular flexibility index (Phi) is 6.99. The van der Waals surface area contributed by atoms with Crippen molar-refractivity contribution in [2.75, 3.05) is 41.3 Å². The highest BCUT2D eigenvalue weighted by Gasteiger charge is 2.23. The molecule has 2 N–H and O–H groups in total. The van der Waals surface area contributed by atoms with E-state index in [1.165, 1.54) is 0 Å². The maximum atomic E-state index is 6.22. The minimum Gasteiger partial charge on any atom is -0.496 e. The fourth-order valence-electron chi connectivity index (χ4n) is 2.61. The van der Waals surface area contributed by atoms with Gasteiger partial charge in [0.15, 0.2) is 0 Å². The zero-order valence-electron chi connectivity index (χ0n) is 13.5. The molecule has 1 aromatic carbocycles. The standard InChI is InChI=1S/C16H29N3O/c1-13(17)16(19(4)12-8-11-18(2)3)14-9-6-7-10-15(14)20-5/h6-7,9-10,13,16H,8,11-12,17H2,1-5H3. The molecule has 20 heavy (non-hydrogen) atoms. The Hall–Kier alpha value is -1.10. The van der Waals surface area contributed by atoms with Crippen LogP contribution in [0.1, 0.15) is 24.9 Å². The first kappa shape index (κ1) is 17.0. The van der Waals surface area contributed by atoms with E-state index >= 15 is 0 Å². The van der Waals surface area contributed by atoms with Crippen molar-refractivity contribution in [3.63, 3.8) is 0 Å². The topological polar surface area (TPSA) is 41.7 Å². The zero-order valence-corrected chi connectivity index (χ0v) is 13.5. The number of nitrogens with zero attached hydrogens (tertiary/aromatic N) is 2. The van der Waals surface area contributed by atoms with Crippen molar-refractivity contribution in [1.82, 2.24) is 9.80 Å². The lowest BCUT2D eigenvalue weighted by Crippen LogP contribution is -2.38. The molecule has 2 unspecified atom stereocenters. The maximum absolute atomic E-state index is 6.22. The van der Waals surface area contributed by atoms with Gasteiger partial charge in [0.1, 0.15) is 5.75 Å². The minimum absolute atomic E-state index is 0.0515. The lowest BCUT2D eigenvalue weighted by molar-refractivity contribution is 0.204. The van der Waals surface area contributed by atoms with Crippen molar-refractivity contribution in [3.05, 3.63) is 29.8 Å². The molecule has 114 valence electrons. The summed E-state index contributed by atoms with van der Waals surface area (Å²) in [6, 6.07) is 8.37. The van der Waals surface area contributed by atoms with Gasteiger partial charge in [0.05, 0.1) is 13.2 Å². The van der Waals surface area contributed by atoms with Crippen molar-refractivity contribution >= 4 is 0 Å². The van der Waals surface area contributed by atoms with Gasteiger partial charge in [-0.15, -0.1) is 0 Å². The smallest absolute Gasteiger partial charge is 0.123 e. The summed E-state index contributed by atoms with van der Waals surface area (Å²) >= 11 is 0. The first-order valence-corrected chi connectivity index (χ1v) is 7.20. The average Bonchev–Trinajstić information content (AvgIpc) is 2.38. The molecule has 0 aliphatic heterocycles. The van der Waals surface area contributed by atoms with Crippen molar-refractivity contribution < 1.29 is 4.74 Å². The van der Waals surface area contributed by atoms with E-state index in [4.69, 9.17) is 10.5 Å². The number of ether oxygens (including phenoxy) is 1. The molecule has 4 heteroatoms. The molecule has 0 aliphatic rings. The summed E-state index contributed by atoms with van der Waals surface area (Å²) in [4.78, 5) is 4.53. The molecule has 0 fully saturated rings. The predicted octanol–water partition coefficient (Wildman–Crippen LogP) is 1.97. The van der Waals surface area contributed by atoms with Gasteiger partial charge >= 0.3 is 0 Å². The molecule has 0 aromatic heterocycles. The Morgan fingerprint density at radius 3 is 2.35 bits per heavy atom. The first-order chi connectivity index (χ1) is 9.47. The second-order valence-electron chi connectivity index (χ2n) is 5.68. The lowest BCUT2D eigenvalue weighted by atomic mass is 9.98. The molecule has 0 aliphatic carbocycles. The molecular formula is C16H29N3O. The molecular weight excluding hydrogens is 250 g/mol. The highest BCUT2D eigenvalue weighted by Crippen LogP contribution is 2.30. The van der Waals surface area contributed by atoms with Crippen LogP contribution in [0.4, 0.5) is 0 Å². The SMILES string of the molecule is COc1ccccc1C(C(C)N)N(C)CCCN(C)C. The van der Waals surface area contributed by atoms with Crippen LogP contribution < -0.4 is 10.5 Å². The Balaban J connectivity index is 2.82. The molecule has 0 saturated heterocycles. The monoisotopic (exact) mass is 279 g/mol. The van der Waals surface area contributed by atoms with Gasteiger partial charge in [-0.2, -0.15) is 0 Å². The van der Waals surface area contributed by atoms with Gasteiger partial charge in [-0.3, -0.25) is 4.90 Å². The van der Waals surface area contributed by atoms with Crippen LogP contribution >= 0.6 is 0 Å². The molecule has 0 heterocycles. The van der Waals surface area contributed by atoms with Gasteiger partial charge in [-0.05, 0) is 53.6 Å². The number of methoxy groups -OCH3 is 1. The van der Waals surface area contributed by atoms with Crippen LogP contribution in [0.2, 0.25) is 0 Å². The number of hydrogen-bond acceptors (Lipinski definition) is 4. The second-order valence-corrected chi connectivity index (χ2v) is 5.68. The number of likely N-dealkylation sites (N-methyl/N-ethyl adjacent to an activating group) is 1. The van der Waals surface area contributed by atoms with Crippen molar-refractivity contribution in [1.29, 1.82) is 0 Å². The van der Waals surface area contributed by atoms with Crippen molar-refractivity contribution in [2.24, 2.45) is 5.73 Å². The molecule has 0 saturated carbocycles. The Morgan fingerprint density at radius 1 is 1.15 bits per heavy atom. The summed E-state index contributed by atoms with van der Waals surface area (Å²) in [5.74, 6) is 0.911. The quantitative estimate of drug-likeness (QED) is 0.790. The molecule has 0 bridgehead atoms. The lowest BCUT2D eigenvalue weighted by Gasteiger charge is -2.32. The van der Waals surface area contributed by atoms with Crippen LogP contribution in [0.15, 0.2) is 24.3 Å². The van der Waals surface area contributed by atoms with Crippen LogP contribution in [-0.2, 0) is 0 Å². The molecule has 0 spiro atoms. The van der Waals surface area contributed by atoms with Gasteiger partial charge in [0, 0.05) is 11.6 Å². The minimum atomic E-state index is 0.0515. The molecule has 1 rings (SSSR count). The molecule has 1 aromatic rings. The maximum Gasteiger partial charge on any atom is 0.123 e. The van der Waals surface area contributed by atoms with Gasteiger partial charge < -0.3 is 15.4 Å². The molecule has 0 amide bonds. The fraction of sp³-hybridized carbons (Fsp3) is 0.625. The Labute approximate surface area is 123 Å². The van der Waals surface area contributed by atoms with Crippen molar-refractivity contribution in [3.8, 4) is 5.75 Å². The van der Waals surface area contributed by atoms with E-state index in [1.54, 1.807) is 7.11 Å². The predicted molar refractivity (Wildman–Crippen MR) is 85.2 cm³/mol. The van der Waals surface area contributed by atoms with Crippen LogP contribution in [0.3, 0.4) is 0 Å². The van der Waals surface area contributed by atoms with E-state index in [9.17, 15) is 0 Å². The van der Waals surface area contributed by atoms with Gasteiger partial charge in [-0.25, -0.2) is 0 Å². The number of nitrogens with two attached hydrogens (primary N) is 1.